The fourth-order valence-electron chi connectivity index (χ4n) is 4.18. The summed E-state index contributed by atoms with van der Waals surface area (Å²) in [7, 11) is 0. The van der Waals surface area contributed by atoms with E-state index >= 15 is 0 Å². The van der Waals surface area contributed by atoms with Crippen molar-refractivity contribution in [3.8, 4) is 11.5 Å². The van der Waals surface area contributed by atoms with Gasteiger partial charge in [0.05, 0.1) is 25.2 Å². The highest BCUT2D eigenvalue weighted by atomic mass is 19.2. The molecule has 1 aliphatic heterocycles. The second kappa shape index (κ2) is 10.2. The minimum absolute atomic E-state index is 0.186. The molecule has 4 nitrogen and oxygen atoms in total. The van der Waals surface area contributed by atoms with E-state index < -0.39 is 17.6 Å². The van der Waals surface area contributed by atoms with Gasteiger partial charge in [0, 0.05) is 0 Å². The van der Waals surface area contributed by atoms with Crippen LogP contribution in [0, 0.1) is 23.5 Å². The number of esters is 1. The van der Waals surface area contributed by atoms with Gasteiger partial charge < -0.3 is 14.2 Å². The van der Waals surface area contributed by atoms with E-state index in [2.05, 4.69) is 13.0 Å². The van der Waals surface area contributed by atoms with E-state index in [0.717, 1.165) is 32.1 Å². The molecule has 0 saturated heterocycles. The van der Waals surface area contributed by atoms with Gasteiger partial charge in [-0.25, -0.2) is 0 Å². The topological polar surface area (TPSA) is 44.8 Å². The van der Waals surface area contributed by atoms with E-state index in [-0.39, 0.29) is 24.0 Å². The van der Waals surface area contributed by atoms with Gasteiger partial charge in [0.25, 0.3) is 0 Å². The molecule has 0 radical (unpaired) electrons. The third-order valence-corrected chi connectivity index (χ3v) is 5.85. The molecule has 3 rings (SSSR count). The third-order valence-electron chi connectivity index (χ3n) is 5.85. The van der Waals surface area contributed by atoms with Gasteiger partial charge in [0.2, 0.25) is 11.6 Å². The number of carbonyl (C=O) groups is 1. The number of halogens is 2. The molecule has 160 valence electrons. The Balaban J connectivity index is 1.52. The first-order valence-electron chi connectivity index (χ1n) is 10.7. The second-order valence-corrected chi connectivity index (χ2v) is 7.83. The number of rotatable bonds is 7. The Bertz CT molecular complexity index is 739. The lowest BCUT2D eigenvalue weighted by Gasteiger charge is -2.32. The maximum atomic E-state index is 14.2. The Morgan fingerprint density at radius 1 is 1.10 bits per heavy atom. The smallest absolute Gasteiger partial charge is 0.314 e. The van der Waals surface area contributed by atoms with Crippen LogP contribution in [0.2, 0.25) is 0 Å². The van der Waals surface area contributed by atoms with E-state index in [0.29, 0.717) is 31.5 Å². The number of ether oxygens (including phenoxy) is 3. The first-order chi connectivity index (χ1) is 14.0. The van der Waals surface area contributed by atoms with Gasteiger partial charge in [-0.1, -0.05) is 19.4 Å². The Morgan fingerprint density at radius 3 is 2.41 bits per heavy atom. The number of hydrogen-bond acceptors (Lipinski definition) is 4. The van der Waals surface area contributed by atoms with Crippen LogP contribution < -0.4 is 9.47 Å². The summed E-state index contributed by atoms with van der Waals surface area (Å²) in [6.07, 6.45) is 8.95. The van der Waals surface area contributed by atoms with Crippen molar-refractivity contribution in [3.05, 3.63) is 35.4 Å². The fraction of sp³-hybridized carbons (Fsp3) is 0.609. The minimum Gasteiger partial charge on any atom is -0.491 e. The summed E-state index contributed by atoms with van der Waals surface area (Å²) in [5, 5.41) is 0. The summed E-state index contributed by atoms with van der Waals surface area (Å²) < 4.78 is 44.2. The van der Waals surface area contributed by atoms with Crippen LogP contribution in [0.5, 0.6) is 11.5 Å². The maximum Gasteiger partial charge on any atom is 0.314 e. The van der Waals surface area contributed by atoms with Crippen LogP contribution in [0.4, 0.5) is 8.78 Å². The molecule has 1 aliphatic carbocycles. The van der Waals surface area contributed by atoms with Crippen LogP contribution in [0.25, 0.3) is 0 Å². The van der Waals surface area contributed by atoms with Crippen LogP contribution in [0.1, 0.15) is 58.8 Å². The van der Waals surface area contributed by atoms with Crippen LogP contribution in [0.3, 0.4) is 0 Å². The molecule has 0 N–H and O–H groups in total. The Kier molecular flexibility index (Phi) is 7.64. The lowest BCUT2D eigenvalue weighted by atomic mass is 9.78. The summed E-state index contributed by atoms with van der Waals surface area (Å²) in [4.78, 5) is 12.5. The van der Waals surface area contributed by atoms with Gasteiger partial charge in [-0.3, -0.25) is 4.79 Å². The molecule has 1 aromatic rings. The normalized spacial score (nSPS) is 24.7. The van der Waals surface area contributed by atoms with Gasteiger partial charge in [-0.15, -0.1) is 0 Å². The first-order valence-corrected chi connectivity index (χ1v) is 10.7. The first kappa shape index (κ1) is 21.8. The molecule has 0 bridgehead atoms. The summed E-state index contributed by atoms with van der Waals surface area (Å²) in [6, 6.07) is 2.52. The molecule has 2 aliphatic rings. The van der Waals surface area contributed by atoms with Crippen molar-refractivity contribution in [1.82, 2.24) is 0 Å². The zero-order valence-corrected chi connectivity index (χ0v) is 17.2. The van der Waals surface area contributed by atoms with Crippen LogP contribution in [-0.4, -0.2) is 25.3 Å². The fourth-order valence-corrected chi connectivity index (χ4v) is 4.18. The molecule has 0 spiro atoms. The van der Waals surface area contributed by atoms with Gasteiger partial charge in [-0.05, 0) is 69.1 Å². The SMILES string of the molecule is CCCC1CC=C(C2CCC(C(=O)Oc3ccc(OCC)c(F)c3F)CC2)CO1. The zero-order valence-electron chi connectivity index (χ0n) is 17.2. The molecule has 29 heavy (non-hydrogen) atoms. The van der Waals surface area contributed by atoms with E-state index in [1.165, 1.54) is 17.7 Å². The highest BCUT2D eigenvalue weighted by molar-refractivity contribution is 5.75. The van der Waals surface area contributed by atoms with Crippen molar-refractivity contribution in [1.29, 1.82) is 0 Å². The zero-order chi connectivity index (χ0) is 20.8. The second-order valence-electron chi connectivity index (χ2n) is 7.83. The van der Waals surface area contributed by atoms with E-state index in [9.17, 15) is 13.6 Å². The highest BCUT2D eigenvalue weighted by Gasteiger charge is 2.31. The van der Waals surface area contributed by atoms with Crippen LogP contribution in [0.15, 0.2) is 23.8 Å². The third kappa shape index (κ3) is 5.35. The highest BCUT2D eigenvalue weighted by Crippen LogP contribution is 2.36. The van der Waals surface area contributed by atoms with Crippen molar-refractivity contribution in [3.63, 3.8) is 0 Å². The quantitative estimate of drug-likeness (QED) is 0.335. The molecule has 0 amide bonds. The lowest BCUT2D eigenvalue weighted by molar-refractivity contribution is -0.140. The minimum atomic E-state index is -1.19. The average Bonchev–Trinajstić information content (AvgIpc) is 2.74. The maximum absolute atomic E-state index is 14.2. The Morgan fingerprint density at radius 2 is 1.79 bits per heavy atom. The van der Waals surface area contributed by atoms with Gasteiger partial charge in [0.15, 0.2) is 11.5 Å². The Labute approximate surface area is 171 Å². The van der Waals surface area contributed by atoms with Gasteiger partial charge in [0.1, 0.15) is 0 Å². The number of benzene rings is 1. The predicted octanol–water partition coefficient (Wildman–Crippen LogP) is 5.59. The molecule has 6 heteroatoms. The summed E-state index contributed by atoms with van der Waals surface area (Å²) in [5.41, 5.74) is 1.34. The molecular formula is C23H30F2O4. The monoisotopic (exact) mass is 408 g/mol. The molecule has 1 fully saturated rings. The van der Waals surface area contributed by atoms with Crippen molar-refractivity contribution >= 4 is 5.97 Å². The van der Waals surface area contributed by atoms with Crippen molar-refractivity contribution in [2.24, 2.45) is 11.8 Å². The van der Waals surface area contributed by atoms with E-state index in [1.54, 1.807) is 6.92 Å². The van der Waals surface area contributed by atoms with Crippen molar-refractivity contribution in [2.45, 2.75) is 64.9 Å². The number of hydrogen-bond donors (Lipinski definition) is 0. The number of carbonyl (C=O) groups excluding carboxylic acids is 1. The average molecular weight is 408 g/mol. The van der Waals surface area contributed by atoms with Gasteiger partial charge in [-0.2, -0.15) is 8.78 Å². The predicted molar refractivity (Wildman–Crippen MR) is 106 cm³/mol. The van der Waals surface area contributed by atoms with Crippen molar-refractivity contribution < 1.29 is 27.8 Å². The molecule has 1 saturated carbocycles. The summed E-state index contributed by atoms with van der Waals surface area (Å²) in [5.74, 6) is -3.25. The van der Waals surface area contributed by atoms with Crippen molar-refractivity contribution in [2.75, 3.05) is 13.2 Å². The molecule has 1 unspecified atom stereocenters. The van der Waals surface area contributed by atoms with E-state index in [4.69, 9.17) is 14.2 Å². The molecule has 1 aromatic carbocycles. The standard InChI is InChI=1S/C23H30F2O4/c1-3-5-18-11-10-17(14-28-18)15-6-8-16(9-7-15)23(26)29-20-13-12-19(27-4-2)21(24)22(20)25/h10,12-13,15-16,18H,3-9,11,14H2,1-2H3. The Hall–Kier alpha value is -1.95. The largest absolute Gasteiger partial charge is 0.491 e. The molecule has 1 atom stereocenters. The molecular weight excluding hydrogens is 378 g/mol. The molecule has 1 heterocycles. The lowest BCUT2D eigenvalue weighted by Crippen LogP contribution is -2.29. The van der Waals surface area contributed by atoms with Crippen LogP contribution in [-0.2, 0) is 9.53 Å². The van der Waals surface area contributed by atoms with E-state index in [1.807, 2.05) is 0 Å². The van der Waals surface area contributed by atoms with Gasteiger partial charge >= 0.3 is 5.97 Å². The summed E-state index contributed by atoms with van der Waals surface area (Å²) >= 11 is 0. The summed E-state index contributed by atoms with van der Waals surface area (Å²) in [6.45, 7) is 4.75. The molecule has 0 aromatic heterocycles. The van der Waals surface area contributed by atoms with Crippen LogP contribution >= 0.6 is 0 Å².